The van der Waals surface area contributed by atoms with Crippen LogP contribution in [-0.4, -0.2) is 33.9 Å². The van der Waals surface area contributed by atoms with E-state index in [1.54, 1.807) is 34.0 Å². The summed E-state index contributed by atoms with van der Waals surface area (Å²) < 4.78 is 0. The first-order valence-corrected chi connectivity index (χ1v) is 6.27. The van der Waals surface area contributed by atoms with Crippen molar-refractivity contribution in [3.8, 4) is 0 Å². The van der Waals surface area contributed by atoms with Crippen LogP contribution < -0.4 is 49.6 Å². The minimum Gasteiger partial charge on any atom is -1.00 e. The zero-order chi connectivity index (χ0) is 9.64. The number of hydrogen-bond acceptors (Lipinski definition) is 4. The molecule has 0 amide bonds. The fraction of sp³-hybridized carbons (Fsp3) is 0. The third-order valence-electron chi connectivity index (χ3n) is 1.49. The Hall–Kier alpha value is 0.959. The van der Waals surface area contributed by atoms with Crippen LogP contribution in [0.1, 0.15) is 0 Å². The van der Waals surface area contributed by atoms with Gasteiger partial charge in [-0.25, -0.2) is 9.97 Å². The molecule has 0 N–H and O–H groups in total. The van der Waals surface area contributed by atoms with E-state index in [4.69, 9.17) is 0 Å². The van der Waals surface area contributed by atoms with Crippen molar-refractivity contribution >= 4 is 45.5 Å². The molecule has 0 aliphatic heterocycles. The van der Waals surface area contributed by atoms with Crippen LogP contribution in [0.5, 0.6) is 0 Å². The van der Waals surface area contributed by atoms with Crippen LogP contribution in [-0.2, 0) is 0 Å². The Kier molecular flexibility index (Phi) is 25.2. The van der Waals surface area contributed by atoms with Gasteiger partial charge in [-0.2, -0.15) is 0 Å². The van der Waals surface area contributed by atoms with Crippen molar-refractivity contribution in [2.24, 2.45) is 0 Å². The van der Waals surface area contributed by atoms with Gasteiger partial charge in [0.05, 0.1) is 0 Å². The predicted octanol–water partition coefficient (Wildman–Crippen LogP) is -9.09. The molecule has 0 saturated heterocycles. The van der Waals surface area contributed by atoms with E-state index in [-0.39, 0.29) is 73.5 Å². The molecule has 0 radical (unpaired) electrons. The van der Waals surface area contributed by atoms with Gasteiger partial charge < -0.3 is 49.6 Å². The molecule has 19 heavy (non-hydrogen) atoms. The van der Waals surface area contributed by atoms with Gasteiger partial charge in [0.15, 0.2) is 0 Å². The molecule has 0 fully saturated rings. The summed E-state index contributed by atoms with van der Waals surface area (Å²) in [5.74, 6) is 0. The standard InChI is InChI=1S/C10H8N2S2.4ClH.Sn/c1-3-7-11-9(5-1)13-14-10-6-2-4-8-12-10;;;;;/h1-8H;4*1H;/q;;;;;+4/p-4. The molecule has 2 rings (SSSR count). The minimum atomic E-state index is 0. The first-order valence-electron chi connectivity index (χ1n) is 4.12. The molecule has 0 aliphatic carbocycles. The van der Waals surface area contributed by atoms with Crippen LogP contribution in [0.4, 0.5) is 0 Å². The van der Waals surface area contributed by atoms with Crippen molar-refractivity contribution in [1.29, 1.82) is 0 Å². The van der Waals surface area contributed by atoms with Crippen molar-refractivity contribution in [2.75, 3.05) is 0 Å². The van der Waals surface area contributed by atoms with E-state index in [0.717, 1.165) is 10.1 Å². The largest absolute Gasteiger partial charge is 4.00 e. The van der Waals surface area contributed by atoms with Gasteiger partial charge in [-0.3, -0.25) is 0 Å². The van der Waals surface area contributed by atoms with Gasteiger partial charge in [-0.15, -0.1) is 0 Å². The van der Waals surface area contributed by atoms with Crippen molar-refractivity contribution in [3.05, 3.63) is 48.8 Å². The second-order valence-corrected chi connectivity index (χ2v) is 4.67. The van der Waals surface area contributed by atoms with E-state index >= 15 is 0 Å². The summed E-state index contributed by atoms with van der Waals surface area (Å²) in [6.07, 6.45) is 3.59. The molecule has 0 atom stereocenters. The maximum Gasteiger partial charge on any atom is 4.00 e. The Morgan fingerprint density at radius 2 is 1.00 bits per heavy atom. The number of rotatable bonds is 3. The summed E-state index contributed by atoms with van der Waals surface area (Å²) in [6, 6.07) is 11.8. The monoisotopic (exact) mass is 480 g/mol. The van der Waals surface area contributed by atoms with Crippen LogP contribution in [0, 0.1) is 0 Å². The van der Waals surface area contributed by atoms with Gasteiger partial charge in [0, 0.05) is 12.4 Å². The normalized spacial score (nSPS) is 7.37. The molecule has 102 valence electrons. The van der Waals surface area contributed by atoms with E-state index < -0.39 is 0 Å². The van der Waals surface area contributed by atoms with Gasteiger partial charge >= 0.3 is 23.9 Å². The number of aromatic nitrogens is 2. The van der Waals surface area contributed by atoms with Crippen LogP contribution in [0.25, 0.3) is 0 Å². The zero-order valence-electron chi connectivity index (χ0n) is 9.34. The zero-order valence-corrected chi connectivity index (χ0v) is 16.9. The molecule has 9 heteroatoms. The Bertz CT molecular complexity index is 358. The Morgan fingerprint density at radius 1 is 0.632 bits per heavy atom. The van der Waals surface area contributed by atoms with E-state index in [9.17, 15) is 0 Å². The van der Waals surface area contributed by atoms with Gasteiger partial charge in [0.25, 0.3) is 0 Å². The molecule has 0 spiro atoms. The third kappa shape index (κ3) is 11.3. The first kappa shape index (κ1) is 28.2. The average Bonchev–Trinajstić information content (AvgIpc) is 2.29. The van der Waals surface area contributed by atoms with Gasteiger partial charge in [-0.1, -0.05) is 12.1 Å². The maximum absolute atomic E-state index is 4.21. The van der Waals surface area contributed by atoms with Crippen molar-refractivity contribution < 1.29 is 49.6 Å². The van der Waals surface area contributed by atoms with E-state index in [0.29, 0.717) is 0 Å². The molecule has 0 saturated carbocycles. The molecule has 0 unspecified atom stereocenters. The van der Waals surface area contributed by atoms with E-state index in [2.05, 4.69) is 9.97 Å². The number of pyridine rings is 2. The second-order valence-electron chi connectivity index (χ2n) is 2.50. The van der Waals surface area contributed by atoms with Crippen LogP contribution in [0.15, 0.2) is 58.8 Å². The van der Waals surface area contributed by atoms with Crippen LogP contribution >= 0.6 is 21.6 Å². The molecule has 0 aromatic carbocycles. The average molecular weight is 481 g/mol. The van der Waals surface area contributed by atoms with Crippen LogP contribution in [0.3, 0.4) is 0 Å². The molecular weight excluding hydrogens is 473 g/mol. The number of halogens is 4. The summed E-state index contributed by atoms with van der Waals surface area (Å²) in [5.41, 5.74) is 0. The molecule has 0 bridgehead atoms. The van der Waals surface area contributed by atoms with Gasteiger partial charge in [-0.05, 0) is 45.9 Å². The SMILES string of the molecule is [Cl-].[Cl-].[Cl-].[Cl-].[Sn+4].c1ccc(SSc2ccccn2)nc1. The first-order chi connectivity index (χ1) is 6.95. The van der Waals surface area contributed by atoms with Gasteiger partial charge in [0.2, 0.25) is 0 Å². The summed E-state index contributed by atoms with van der Waals surface area (Å²) in [6.45, 7) is 0. The Labute approximate surface area is 162 Å². The predicted molar refractivity (Wildman–Crippen MR) is 65.9 cm³/mol. The fourth-order valence-corrected chi connectivity index (χ4v) is 2.63. The Morgan fingerprint density at radius 3 is 1.26 bits per heavy atom. The number of nitrogens with zero attached hydrogens (tertiary/aromatic N) is 2. The van der Waals surface area contributed by atoms with Crippen molar-refractivity contribution in [3.63, 3.8) is 0 Å². The van der Waals surface area contributed by atoms with Crippen molar-refractivity contribution in [2.45, 2.75) is 10.1 Å². The molecule has 2 nitrogen and oxygen atoms in total. The van der Waals surface area contributed by atoms with Crippen molar-refractivity contribution in [1.82, 2.24) is 9.97 Å². The molecule has 2 heterocycles. The molecule has 0 aliphatic rings. The Balaban J connectivity index is -0.000000225. The summed E-state index contributed by atoms with van der Waals surface area (Å²) >= 11 is 0. The molecular formula is C10H8Cl4N2S2Sn. The smallest absolute Gasteiger partial charge is 1.00 e. The third-order valence-corrected chi connectivity index (χ3v) is 3.67. The minimum absolute atomic E-state index is 0. The summed E-state index contributed by atoms with van der Waals surface area (Å²) in [5, 5.41) is 2.01. The quantitative estimate of drug-likeness (QED) is 0.322. The summed E-state index contributed by atoms with van der Waals surface area (Å²) in [4.78, 5) is 8.42. The maximum atomic E-state index is 4.21. The van der Waals surface area contributed by atoms with Crippen LogP contribution in [0.2, 0.25) is 0 Å². The molecule has 2 aromatic rings. The number of hydrogen-bond donors (Lipinski definition) is 0. The summed E-state index contributed by atoms with van der Waals surface area (Å²) in [7, 11) is 3.23. The molecule has 2 aromatic heterocycles. The topological polar surface area (TPSA) is 25.8 Å². The van der Waals surface area contributed by atoms with E-state index in [1.165, 1.54) is 0 Å². The fourth-order valence-electron chi connectivity index (χ4n) is 0.878. The second kappa shape index (κ2) is 17.0. The van der Waals surface area contributed by atoms with Gasteiger partial charge in [0.1, 0.15) is 10.1 Å². The van der Waals surface area contributed by atoms with E-state index in [1.807, 2.05) is 36.4 Å².